The molecule has 0 radical (unpaired) electrons. The van der Waals surface area contributed by atoms with Crippen molar-refractivity contribution in [1.29, 1.82) is 0 Å². The SMILES string of the molecule is CC1(C)OC(=O)C(CO)C(=O)O1. The Labute approximate surface area is 69.3 Å². The molecule has 0 spiro atoms. The van der Waals surface area contributed by atoms with Crippen molar-refractivity contribution in [3.05, 3.63) is 0 Å². The number of carbonyl (C=O) groups excluding carboxylic acids is 2. The first kappa shape index (κ1) is 8.99. The molecule has 0 aromatic rings. The second-order valence-electron chi connectivity index (χ2n) is 2.98. The van der Waals surface area contributed by atoms with E-state index in [0.29, 0.717) is 0 Å². The van der Waals surface area contributed by atoms with E-state index in [1.807, 2.05) is 0 Å². The first-order valence-corrected chi connectivity index (χ1v) is 3.53. The number of aliphatic hydroxyl groups excluding tert-OH is 1. The van der Waals surface area contributed by atoms with E-state index in [1.54, 1.807) is 0 Å². The van der Waals surface area contributed by atoms with E-state index in [-0.39, 0.29) is 0 Å². The summed E-state index contributed by atoms with van der Waals surface area (Å²) in [5, 5.41) is 8.60. The van der Waals surface area contributed by atoms with Crippen LogP contribution >= 0.6 is 0 Å². The van der Waals surface area contributed by atoms with Gasteiger partial charge in [-0.2, -0.15) is 0 Å². The summed E-state index contributed by atoms with van der Waals surface area (Å²) in [5.74, 6) is -3.87. The molecular weight excluding hydrogens is 164 g/mol. The van der Waals surface area contributed by atoms with Crippen LogP contribution in [0, 0.1) is 5.92 Å². The zero-order valence-corrected chi connectivity index (χ0v) is 6.86. The molecule has 1 aliphatic heterocycles. The summed E-state index contributed by atoms with van der Waals surface area (Å²) in [5.41, 5.74) is 0. The van der Waals surface area contributed by atoms with Crippen LogP contribution in [0.5, 0.6) is 0 Å². The van der Waals surface area contributed by atoms with Crippen LogP contribution in [-0.4, -0.2) is 29.4 Å². The monoisotopic (exact) mass is 174 g/mol. The molecule has 1 rings (SSSR count). The Morgan fingerprint density at radius 2 is 1.75 bits per heavy atom. The fourth-order valence-corrected chi connectivity index (χ4v) is 0.893. The summed E-state index contributed by atoms with van der Waals surface area (Å²) >= 11 is 0. The minimum atomic E-state index is -1.21. The molecule has 12 heavy (non-hydrogen) atoms. The second-order valence-corrected chi connectivity index (χ2v) is 2.98. The van der Waals surface area contributed by atoms with Gasteiger partial charge in [-0.15, -0.1) is 0 Å². The number of hydrogen-bond acceptors (Lipinski definition) is 5. The van der Waals surface area contributed by atoms with E-state index < -0.39 is 30.3 Å². The van der Waals surface area contributed by atoms with Gasteiger partial charge in [0.05, 0.1) is 6.61 Å². The van der Waals surface area contributed by atoms with Crippen LogP contribution in [0.3, 0.4) is 0 Å². The van der Waals surface area contributed by atoms with Crippen molar-refractivity contribution in [1.82, 2.24) is 0 Å². The van der Waals surface area contributed by atoms with E-state index in [0.717, 1.165) is 0 Å². The second kappa shape index (κ2) is 2.75. The van der Waals surface area contributed by atoms with Gasteiger partial charge in [-0.3, -0.25) is 9.59 Å². The van der Waals surface area contributed by atoms with Crippen molar-refractivity contribution >= 4 is 11.9 Å². The number of cyclic esters (lactones) is 2. The zero-order chi connectivity index (χ0) is 9.35. The van der Waals surface area contributed by atoms with Crippen molar-refractivity contribution in [3.63, 3.8) is 0 Å². The summed E-state index contributed by atoms with van der Waals surface area (Å²) in [6, 6.07) is 0. The van der Waals surface area contributed by atoms with Crippen molar-refractivity contribution in [2.75, 3.05) is 6.61 Å². The van der Waals surface area contributed by atoms with E-state index in [4.69, 9.17) is 14.6 Å². The predicted molar refractivity (Wildman–Crippen MR) is 36.8 cm³/mol. The lowest BCUT2D eigenvalue weighted by Gasteiger charge is -2.32. The Hall–Kier alpha value is -1.10. The highest BCUT2D eigenvalue weighted by Crippen LogP contribution is 2.22. The van der Waals surface area contributed by atoms with Crippen LogP contribution in [0.15, 0.2) is 0 Å². The molecule has 0 aromatic carbocycles. The summed E-state index contributed by atoms with van der Waals surface area (Å²) in [4.78, 5) is 21.9. The van der Waals surface area contributed by atoms with Crippen LogP contribution in [-0.2, 0) is 19.1 Å². The standard InChI is InChI=1S/C7H10O5/c1-7(2)11-5(9)4(3-8)6(10)12-7/h4,8H,3H2,1-2H3. The minimum Gasteiger partial charge on any atom is -0.422 e. The van der Waals surface area contributed by atoms with Gasteiger partial charge >= 0.3 is 11.9 Å². The maximum atomic E-state index is 11.0. The van der Waals surface area contributed by atoms with Gasteiger partial charge in [-0.05, 0) is 0 Å². The molecule has 1 aliphatic rings. The van der Waals surface area contributed by atoms with Crippen LogP contribution in [0.4, 0.5) is 0 Å². The molecule has 5 nitrogen and oxygen atoms in total. The van der Waals surface area contributed by atoms with E-state index >= 15 is 0 Å². The minimum absolute atomic E-state index is 0.576. The third kappa shape index (κ3) is 1.55. The Bertz CT molecular complexity index is 200. The highest BCUT2D eigenvalue weighted by Gasteiger charge is 2.42. The van der Waals surface area contributed by atoms with E-state index in [2.05, 4.69) is 0 Å². The van der Waals surface area contributed by atoms with Crippen LogP contribution < -0.4 is 0 Å². The fourth-order valence-electron chi connectivity index (χ4n) is 0.893. The lowest BCUT2D eigenvalue weighted by molar-refractivity contribution is -0.241. The number of rotatable bonds is 1. The molecule has 1 heterocycles. The lowest BCUT2D eigenvalue weighted by atomic mass is 10.1. The molecule has 1 saturated heterocycles. The predicted octanol–water partition coefficient (Wildman–Crippen LogP) is -0.569. The Morgan fingerprint density at radius 3 is 2.08 bits per heavy atom. The van der Waals surface area contributed by atoms with Gasteiger partial charge in [0.15, 0.2) is 5.92 Å². The molecule has 0 amide bonds. The molecule has 68 valence electrons. The average Bonchev–Trinajstić information content (AvgIpc) is 1.82. The molecule has 0 saturated carbocycles. The molecule has 1 N–H and O–H groups in total. The number of aliphatic hydroxyl groups is 1. The van der Waals surface area contributed by atoms with Gasteiger partial charge in [0.2, 0.25) is 0 Å². The van der Waals surface area contributed by atoms with Gasteiger partial charge in [0, 0.05) is 13.8 Å². The smallest absolute Gasteiger partial charge is 0.325 e. The summed E-state index contributed by atoms with van der Waals surface area (Å²) < 4.78 is 9.41. The maximum Gasteiger partial charge on any atom is 0.325 e. The van der Waals surface area contributed by atoms with Crippen molar-refractivity contribution in [2.45, 2.75) is 19.6 Å². The number of carbonyl (C=O) groups is 2. The third-order valence-electron chi connectivity index (χ3n) is 1.44. The third-order valence-corrected chi connectivity index (χ3v) is 1.44. The van der Waals surface area contributed by atoms with Gasteiger partial charge in [-0.25, -0.2) is 0 Å². The van der Waals surface area contributed by atoms with Crippen LogP contribution in [0.25, 0.3) is 0 Å². The molecule has 0 aromatic heterocycles. The Kier molecular flexibility index (Phi) is 2.06. The van der Waals surface area contributed by atoms with Crippen LogP contribution in [0.1, 0.15) is 13.8 Å². The van der Waals surface area contributed by atoms with E-state index in [1.165, 1.54) is 13.8 Å². The zero-order valence-electron chi connectivity index (χ0n) is 6.86. The molecule has 0 bridgehead atoms. The Morgan fingerprint density at radius 1 is 1.33 bits per heavy atom. The summed E-state index contributed by atoms with van der Waals surface area (Å²) in [6.45, 7) is 2.33. The normalized spacial score (nSPS) is 23.2. The molecule has 0 unspecified atom stereocenters. The first-order chi connectivity index (χ1) is 5.46. The Balaban J connectivity index is 2.77. The average molecular weight is 174 g/mol. The first-order valence-electron chi connectivity index (χ1n) is 3.53. The summed E-state index contributed by atoms with van der Waals surface area (Å²) in [7, 11) is 0. The number of esters is 2. The lowest BCUT2D eigenvalue weighted by Crippen LogP contribution is -2.47. The van der Waals surface area contributed by atoms with Crippen molar-refractivity contribution in [2.24, 2.45) is 5.92 Å². The summed E-state index contributed by atoms with van der Waals surface area (Å²) in [6.07, 6.45) is 0. The van der Waals surface area contributed by atoms with Crippen molar-refractivity contribution in [3.8, 4) is 0 Å². The van der Waals surface area contributed by atoms with Crippen LogP contribution in [0.2, 0.25) is 0 Å². The molecular formula is C7H10O5. The van der Waals surface area contributed by atoms with Gasteiger partial charge in [-0.1, -0.05) is 0 Å². The van der Waals surface area contributed by atoms with E-state index in [9.17, 15) is 9.59 Å². The molecule has 0 atom stereocenters. The van der Waals surface area contributed by atoms with Gasteiger partial charge in [0.25, 0.3) is 5.79 Å². The molecule has 5 heteroatoms. The number of hydrogen-bond donors (Lipinski definition) is 1. The highest BCUT2D eigenvalue weighted by molar-refractivity contribution is 5.96. The van der Waals surface area contributed by atoms with Crippen molar-refractivity contribution < 1.29 is 24.2 Å². The molecule has 1 fully saturated rings. The number of ether oxygens (including phenoxy) is 2. The van der Waals surface area contributed by atoms with Gasteiger partial charge < -0.3 is 14.6 Å². The highest BCUT2D eigenvalue weighted by atomic mass is 16.7. The topological polar surface area (TPSA) is 72.8 Å². The fraction of sp³-hybridized carbons (Fsp3) is 0.714. The largest absolute Gasteiger partial charge is 0.422 e. The maximum absolute atomic E-state index is 11.0. The quantitative estimate of drug-likeness (QED) is 0.425. The molecule has 0 aliphatic carbocycles. The van der Waals surface area contributed by atoms with Gasteiger partial charge in [0.1, 0.15) is 0 Å².